The van der Waals surface area contributed by atoms with Crippen LogP contribution in [0.1, 0.15) is 9.67 Å². The van der Waals surface area contributed by atoms with Crippen molar-refractivity contribution < 1.29 is 4.79 Å². The summed E-state index contributed by atoms with van der Waals surface area (Å²) >= 11 is 1.21. The molecule has 2 heterocycles. The summed E-state index contributed by atoms with van der Waals surface area (Å²) in [5.41, 5.74) is 5.93. The molecule has 0 aliphatic carbocycles. The van der Waals surface area contributed by atoms with Crippen molar-refractivity contribution in [3.8, 4) is 0 Å². The Hall–Kier alpha value is -1.95. The van der Waals surface area contributed by atoms with Crippen molar-refractivity contribution in [3.63, 3.8) is 0 Å². The van der Waals surface area contributed by atoms with Crippen molar-refractivity contribution in [2.45, 2.75) is 0 Å². The number of nitrogens with one attached hydrogen (secondary N) is 1. The molecule has 15 heavy (non-hydrogen) atoms. The summed E-state index contributed by atoms with van der Waals surface area (Å²) in [6, 6.07) is 3.67. The maximum absolute atomic E-state index is 10.8. The maximum atomic E-state index is 10.8. The molecule has 2 aromatic heterocycles. The number of hydrogen-bond acceptors (Lipinski definition) is 5. The van der Waals surface area contributed by atoms with Crippen LogP contribution >= 0.6 is 11.3 Å². The van der Waals surface area contributed by atoms with Gasteiger partial charge in [0.1, 0.15) is 4.88 Å². The number of nitrogens with two attached hydrogens (primary N) is 1. The van der Waals surface area contributed by atoms with Crippen LogP contribution in [0.4, 0.5) is 10.8 Å². The van der Waals surface area contributed by atoms with E-state index in [0.717, 1.165) is 5.69 Å². The third kappa shape index (κ3) is 2.29. The first kappa shape index (κ1) is 9.60. The average Bonchev–Trinajstić information content (AvgIpc) is 2.68. The highest BCUT2D eigenvalue weighted by Gasteiger charge is 2.06. The quantitative estimate of drug-likeness (QED) is 0.818. The zero-order valence-electron chi connectivity index (χ0n) is 7.68. The van der Waals surface area contributed by atoms with Gasteiger partial charge in [0, 0.05) is 6.20 Å². The van der Waals surface area contributed by atoms with Gasteiger partial charge in [0.15, 0.2) is 5.13 Å². The number of aromatic nitrogens is 2. The van der Waals surface area contributed by atoms with E-state index >= 15 is 0 Å². The summed E-state index contributed by atoms with van der Waals surface area (Å²) in [5, 5.41) is 3.64. The van der Waals surface area contributed by atoms with Crippen molar-refractivity contribution in [2.24, 2.45) is 5.73 Å². The molecule has 3 N–H and O–H groups in total. The highest BCUT2D eigenvalue weighted by Crippen LogP contribution is 2.21. The molecule has 6 heteroatoms. The Kier molecular flexibility index (Phi) is 2.59. The Morgan fingerprint density at radius 1 is 1.47 bits per heavy atom. The first-order valence-corrected chi connectivity index (χ1v) is 5.00. The van der Waals surface area contributed by atoms with E-state index in [9.17, 15) is 4.79 Å². The molecule has 2 rings (SSSR count). The van der Waals surface area contributed by atoms with Gasteiger partial charge in [-0.1, -0.05) is 11.3 Å². The molecule has 5 nitrogen and oxygen atoms in total. The molecule has 0 atom stereocenters. The minimum Gasteiger partial charge on any atom is -0.365 e. The molecular formula is C9H8N4OS. The molecule has 0 aliphatic rings. The van der Waals surface area contributed by atoms with Gasteiger partial charge < -0.3 is 11.1 Å². The molecule has 2 aromatic rings. The van der Waals surface area contributed by atoms with Crippen LogP contribution in [0, 0.1) is 0 Å². The third-order valence-corrected chi connectivity index (χ3v) is 2.59. The van der Waals surface area contributed by atoms with Gasteiger partial charge >= 0.3 is 0 Å². The molecule has 0 fully saturated rings. The Balaban J connectivity index is 2.15. The number of primary amides is 1. The van der Waals surface area contributed by atoms with Gasteiger partial charge in [0.25, 0.3) is 5.91 Å². The van der Waals surface area contributed by atoms with Crippen molar-refractivity contribution in [1.82, 2.24) is 9.97 Å². The zero-order valence-corrected chi connectivity index (χ0v) is 8.49. The number of pyridine rings is 1. The largest absolute Gasteiger partial charge is 0.365 e. The SMILES string of the molecule is NC(=O)c1cnc(Nc2cccnc2)s1. The number of anilines is 2. The van der Waals surface area contributed by atoms with Crippen LogP contribution in [0.25, 0.3) is 0 Å². The van der Waals surface area contributed by atoms with Gasteiger partial charge in [-0.15, -0.1) is 0 Å². The predicted octanol–water partition coefficient (Wildman–Crippen LogP) is 1.38. The number of carbonyl (C=O) groups excluding carboxylic acids is 1. The van der Waals surface area contributed by atoms with Gasteiger partial charge in [-0.2, -0.15) is 0 Å². The fourth-order valence-electron chi connectivity index (χ4n) is 1.01. The summed E-state index contributed by atoms with van der Waals surface area (Å²) in [5.74, 6) is -0.466. The first-order valence-electron chi connectivity index (χ1n) is 4.18. The molecule has 0 aromatic carbocycles. The van der Waals surface area contributed by atoms with Gasteiger partial charge in [0.2, 0.25) is 0 Å². The van der Waals surface area contributed by atoms with Crippen LogP contribution in [-0.4, -0.2) is 15.9 Å². The van der Waals surface area contributed by atoms with E-state index < -0.39 is 5.91 Å². The van der Waals surface area contributed by atoms with E-state index in [4.69, 9.17) is 5.73 Å². The minimum atomic E-state index is -0.466. The van der Waals surface area contributed by atoms with Gasteiger partial charge in [-0.25, -0.2) is 4.98 Å². The summed E-state index contributed by atoms with van der Waals surface area (Å²) in [6.07, 6.45) is 4.80. The standard InChI is InChI=1S/C9H8N4OS/c10-8(14)7-5-12-9(15-7)13-6-2-1-3-11-4-6/h1-5H,(H2,10,14)(H,12,13). The summed E-state index contributed by atoms with van der Waals surface area (Å²) in [7, 11) is 0. The molecule has 0 radical (unpaired) electrons. The van der Waals surface area contributed by atoms with E-state index in [-0.39, 0.29) is 0 Å². The van der Waals surface area contributed by atoms with Crippen molar-refractivity contribution in [3.05, 3.63) is 35.6 Å². The number of carbonyl (C=O) groups is 1. The number of thiazole rings is 1. The van der Waals surface area contributed by atoms with Gasteiger partial charge in [-0.3, -0.25) is 9.78 Å². The van der Waals surface area contributed by atoms with E-state index in [2.05, 4.69) is 15.3 Å². The zero-order chi connectivity index (χ0) is 10.7. The van der Waals surface area contributed by atoms with E-state index in [0.29, 0.717) is 10.0 Å². The molecule has 1 amide bonds. The Bertz CT molecular complexity index is 468. The third-order valence-electron chi connectivity index (χ3n) is 1.66. The molecule has 0 saturated heterocycles. The molecule has 0 spiro atoms. The molecule has 76 valence electrons. The van der Waals surface area contributed by atoms with Crippen LogP contribution in [0.15, 0.2) is 30.7 Å². The van der Waals surface area contributed by atoms with Crippen LogP contribution in [-0.2, 0) is 0 Å². The molecule has 0 aliphatic heterocycles. The Morgan fingerprint density at radius 2 is 2.33 bits per heavy atom. The van der Waals surface area contributed by atoms with Crippen molar-refractivity contribution in [1.29, 1.82) is 0 Å². The minimum absolute atomic E-state index is 0.432. The highest BCUT2D eigenvalue weighted by atomic mass is 32.1. The van der Waals surface area contributed by atoms with E-state index in [1.807, 2.05) is 12.1 Å². The second-order valence-electron chi connectivity index (χ2n) is 2.76. The van der Waals surface area contributed by atoms with Gasteiger partial charge in [0.05, 0.1) is 18.1 Å². The molecule has 0 bridgehead atoms. The fourth-order valence-corrected chi connectivity index (χ4v) is 1.69. The van der Waals surface area contributed by atoms with Crippen LogP contribution in [0.5, 0.6) is 0 Å². The normalized spacial score (nSPS) is 9.87. The predicted molar refractivity (Wildman–Crippen MR) is 58.2 cm³/mol. The van der Waals surface area contributed by atoms with Crippen LogP contribution in [0.3, 0.4) is 0 Å². The van der Waals surface area contributed by atoms with Gasteiger partial charge in [-0.05, 0) is 12.1 Å². The average molecular weight is 220 g/mol. The van der Waals surface area contributed by atoms with Crippen molar-refractivity contribution >= 4 is 28.1 Å². The van der Waals surface area contributed by atoms with E-state index in [1.54, 1.807) is 12.4 Å². The fraction of sp³-hybridized carbons (Fsp3) is 0. The molecular weight excluding hydrogens is 212 g/mol. The maximum Gasteiger partial charge on any atom is 0.260 e. The number of nitrogens with zero attached hydrogens (tertiary/aromatic N) is 2. The summed E-state index contributed by atoms with van der Waals surface area (Å²) in [4.78, 5) is 19.2. The highest BCUT2D eigenvalue weighted by molar-refractivity contribution is 7.17. The lowest BCUT2D eigenvalue weighted by atomic mass is 10.4. The van der Waals surface area contributed by atoms with Crippen LogP contribution < -0.4 is 11.1 Å². The topological polar surface area (TPSA) is 80.9 Å². The van der Waals surface area contributed by atoms with Crippen LogP contribution in [0.2, 0.25) is 0 Å². The van der Waals surface area contributed by atoms with E-state index in [1.165, 1.54) is 17.5 Å². The number of hydrogen-bond donors (Lipinski definition) is 2. The second kappa shape index (κ2) is 4.05. The Labute approximate surface area is 90.0 Å². The first-order chi connectivity index (χ1) is 7.25. The summed E-state index contributed by atoms with van der Waals surface area (Å²) in [6.45, 7) is 0. The molecule has 0 unspecified atom stereocenters. The number of rotatable bonds is 3. The second-order valence-corrected chi connectivity index (χ2v) is 3.79. The van der Waals surface area contributed by atoms with Crippen molar-refractivity contribution in [2.75, 3.05) is 5.32 Å². The lowest BCUT2D eigenvalue weighted by Gasteiger charge is -1.99. The Morgan fingerprint density at radius 3 is 2.93 bits per heavy atom. The molecule has 0 saturated carbocycles. The lowest BCUT2D eigenvalue weighted by molar-refractivity contribution is 0.100. The monoisotopic (exact) mass is 220 g/mol. The summed E-state index contributed by atoms with van der Waals surface area (Å²) < 4.78 is 0. The number of amides is 1. The lowest BCUT2D eigenvalue weighted by Crippen LogP contribution is -2.08. The smallest absolute Gasteiger partial charge is 0.260 e.